The number of carbonyl (C=O) groups is 1. The number of hydrogen-bond acceptors (Lipinski definition) is 5. The van der Waals surface area contributed by atoms with E-state index in [4.69, 9.17) is 9.15 Å². The minimum absolute atomic E-state index is 0.259. The van der Waals surface area contributed by atoms with Gasteiger partial charge in [0, 0.05) is 30.7 Å². The Labute approximate surface area is 179 Å². The smallest absolute Gasteiger partial charge is 0.291 e. The highest BCUT2D eigenvalue weighted by Crippen LogP contribution is 2.22. The summed E-state index contributed by atoms with van der Waals surface area (Å²) in [6, 6.07) is 10.4. The molecule has 0 radical (unpaired) electrons. The van der Waals surface area contributed by atoms with Crippen molar-refractivity contribution in [2.45, 2.75) is 46.2 Å². The Morgan fingerprint density at radius 2 is 2.00 bits per heavy atom. The van der Waals surface area contributed by atoms with Gasteiger partial charge in [-0.2, -0.15) is 5.10 Å². The van der Waals surface area contributed by atoms with Crippen LogP contribution in [0, 0.1) is 0 Å². The van der Waals surface area contributed by atoms with Crippen LogP contribution in [-0.2, 0) is 17.8 Å². The van der Waals surface area contributed by atoms with Gasteiger partial charge in [0.25, 0.3) is 5.56 Å². The molecule has 8 heteroatoms. The Hall–Kier alpha value is -3.55. The van der Waals surface area contributed by atoms with Crippen LogP contribution in [0.2, 0.25) is 0 Å². The summed E-state index contributed by atoms with van der Waals surface area (Å²) in [5.74, 6) is 1.17. The predicted octanol–water partition coefficient (Wildman–Crippen LogP) is 3.47. The normalized spacial score (nSPS) is 12.4. The van der Waals surface area contributed by atoms with Crippen LogP contribution in [0.4, 0.5) is 0 Å². The SMILES string of the molecule is CCOc1ccccc1CNC(=O)C(CC)n1nc(CC)n2c(cc3occc32)c1=O. The molecule has 3 heterocycles. The van der Waals surface area contributed by atoms with Crippen LogP contribution < -0.4 is 15.6 Å². The molecule has 0 saturated heterocycles. The summed E-state index contributed by atoms with van der Waals surface area (Å²) in [4.78, 5) is 26.3. The van der Waals surface area contributed by atoms with Crippen molar-refractivity contribution in [2.24, 2.45) is 0 Å². The maximum Gasteiger partial charge on any atom is 0.291 e. The summed E-state index contributed by atoms with van der Waals surface area (Å²) in [5, 5.41) is 7.49. The minimum Gasteiger partial charge on any atom is -0.494 e. The molecule has 1 aromatic carbocycles. The number of nitrogens with one attached hydrogen (secondary N) is 1. The average Bonchev–Trinajstić information content (AvgIpc) is 3.37. The third kappa shape index (κ3) is 3.69. The molecule has 162 valence electrons. The van der Waals surface area contributed by atoms with Gasteiger partial charge in [0.15, 0.2) is 5.58 Å². The topological polar surface area (TPSA) is 90.8 Å². The summed E-state index contributed by atoms with van der Waals surface area (Å²) >= 11 is 0. The van der Waals surface area contributed by atoms with E-state index < -0.39 is 6.04 Å². The molecule has 1 amide bonds. The van der Waals surface area contributed by atoms with Crippen LogP contribution >= 0.6 is 0 Å². The number of benzene rings is 1. The third-order valence-corrected chi connectivity index (χ3v) is 5.36. The molecule has 31 heavy (non-hydrogen) atoms. The van der Waals surface area contributed by atoms with E-state index in [1.54, 1.807) is 16.7 Å². The standard InChI is InChI=1S/C23H26N4O4/c1-4-16(22(28)24-14-15-9-7-8-10-19(15)30-6-3)27-23(29)18-13-20-17(11-12-31-20)26(18)21(5-2)25-27/h7-13,16H,4-6,14H2,1-3H3,(H,24,28). The quantitative estimate of drug-likeness (QED) is 0.470. The van der Waals surface area contributed by atoms with E-state index in [1.807, 2.05) is 51.1 Å². The maximum absolute atomic E-state index is 13.2. The fraction of sp³-hybridized carbons (Fsp3) is 0.348. The predicted molar refractivity (Wildman–Crippen MR) is 117 cm³/mol. The number of nitrogens with zero attached hydrogens (tertiary/aromatic N) is 3. The Kier molecular flexibility index (Phi) is 5.79. The first-order valence-electron chi connectivity index (χ1n) is 10.6. The van der Waals surface area contributed by atoms with Gasteiger partial charge in [0.2, 0.25) is 5.91 Å². The fourth-order valence-electron chi connectivity index (χ4n) is 3.85. The Morgan fingerprint density at radius 3 is 2.74 bits per heavy atom. The molecule has 0 bridgehead atoms. The maximum atomic E-state index is 13.2. The van der Waals surface area contributed by atoms with E-state index in [-0.39, 0.29) is 11.5 Å². The average molecular weight is 422 g/mol. The van der Waals surface area contributed by atoms with Gasteiger partial charge in [-0.1, -0.05) is 32.0 Å². The van der Waals surface area contributed by atoms with Crippen molar-refractivity contribution >= 4 is 22.5 Å². The third-order valence-electron chi connectivity index (χ3n) is 5.36. The molecule has 0 spiro atoms. The lowest BCUT2D eigenvalue weighted by Crippen LogP contribution is -2.39. The second kappa shape index (κ2) is 8.67. The monoisotopic (exact) mass is 422 g/mol. The Bertz CT molecular complexity index is 1280. The molecule has 0 aliphatic heterocycles. The van der Waals surface area contributed by atoms with E-state index >= 15 is 0 Å². The van der Waals surface area contributed by atoms with Crippen LogP contribution in [0.5, 0.6) is 5.75 Å². The lowest BCUT2D eigenvalue weighted by Gasteiger charge is -2.19. The zero-order valence-corrected chi connectivity index (χ0v) is 17.9. The summed E-state index contributed by atoms with van der Waals surface area (Å²) in [7, 11) is 0. The second-order valence-corrected chi connectivity index (χ2v) is 7.24. The molecule has 1 unspecified atom stereocenters. The van der Waals surface area contributed by atoms with Crippen molar-refractivity contribution in [1.82, 2.24) is 19.5 Å². The summed E-state index contributed by atoms with van der Waals surface area (Å²) in [5.41, 5.74) is 2.43. The highest BCUT2D eigenvalue weighted by Gasteiger charge is 2.24. The molecule has 0 aliphatic carbocycles. The number of hydrogen-bond donors (Lipinski definition) is 1. The fourth-order valence-corrected chi connectivity index (χ4v) is 3.85. The van der Waals surface area contributed by atoms with Gasteiger partial charge in [-0.15, -0.1) is 0 Å². The first kappa shape index (κ1) is 20.7. The zero-order valence-electron chi connectivity index (χ0n) is 17.9. The first-order valence-corrected chi connectivity index (χ1v) is 10.6. The van der Waals surface area contributed by atoms with Crippen molar-refractivity contribution < 1.29 is 13.9 Å². The molecule has 4 rings (SSSR count). The van der Waals surface area contributed by atoms with Crippen LogP contribution in [0.15, 0.2) is 51.9 Å². The number of para-hydroxylation sites is 1. The van der Waals surface area contributed by atoms with Gasteiger partial charge >= 0.3 is 0 Å². The van der Waals surface area contributed by atoms with E-state index in [0.29, 0.717) is 42.9 Å². The Morgan fingerprint density at radius 1 is 1.19 bits per heavy atom. The summed E-state index contributed by atoms with van der Waals surface area (Å²) < 4.78 is 14.2. The van der Waals surface area contributed by atoms with Crippen molar-refractivity contribution in [2.75, 3.05) is 6.61 Å². The van der Waals surface area contributed by atoms with Gasteiger partial charge in [-0.3, -0.25) is 14.0 Å². The van der Waals surface area contributed by atoms with Crippen molar-refractivity contribution in [1.29, 1.82) is 0 Å². The number of aryl methyl sites for hydroxylation is 1. The Balaban J connectivity index is 1.66. The lowest BCUT2D eigenvalue weighted by atomic mass is 10.1. The summed E-state index contributed by atoms with van der Waals surface area (Å²) in [6.45, 7) is 6.60. The molecule has 1 atom stereocenters. The van der Waals surface area contributed by atoms with Crippen molar-refractivity contribution in [3.05, 3.63) is 64.4 Å². The molecule has 0 fully saturated rings. The van der Waals surface area contributed by atoms with Crippen LogP contribution in [0.1, 0.15) is 44.6 Å². The van der Waals surface area contributed by atoms with Crippen LogP contribution in [-0.4, -0.2) is 26.7 Å². The highest BCUT2D eigenvalue weighted by atomic mass is 16.5. The van der Waals surface area contributed by atoms with E-state index in [2.05, 4.69) is 10.4 Å². The molecule has 3 aromatic heterocycles. The van der Waals surface area contributed by atoms with E-state index in [1.165, 1.54) is 4.68 Å². The first-order chi connectivity index (χ1) is 15.1. The van der Waals surface area contributed by atoms with E-state index in [0.717, 1.165) is 16.8 Å². The number of aromatic nitrogens is 3. The molecule has 4 aromatic rings. The van der Waals surface area contributed by atoms with Crippen LogP contribution in [0.25, 0.3) is 16.6 Å². The number of ether oxygens (including phenoxy) is 1. The molecule has 0 aliphatic rings. The number of carbonyl (C=O) groups excluding carboxylic acids is 1. The lowest BCUT2D eigenvalue weighted by molar-refractivity contribution is -0.125. The number of fused-ring (bicyclic) bond motifs is 3. The van der Waals surface area contributed by atoms with Gasteiger partial charge in [-0.25, -0.2) is 4.68 Å². The second-order valence-electron chi connectivity index (χ2n) is 7.24. The summed E-state index contributed by atoms with van der Waals surface area (Å²) in [6.07, 6.45) is 2.62. The zero-order chi connectivity index (χ0) is 22.0. The minimum atomic E-state index is -0.719. The molecular weight excluding hydrogens is 396 g/mol. The molecule has 0 saturated carbocycles. The molecular formula is C23H26N4O4. The van der Waals surface area contributed by atoms with Gasteiger partial charge in [-0.05, 0) is 19.4 Å². The van der Waals surface area contributed by atoms with E-state index in [9.17, 15) is 9.59 Å². The number of rotatable bonds is 8. The number of amides is 1. The van der Waals surface area contributed by atoms with Gasteiger partial charge in [0.1, 0.15) is 23.1 Å². The number of furan rings is 1. The largest absolute Gasteiger partial charge is 0.494 e. The molecule has 8 nitrogen and oxygen atoms in total. The van der Waals surface area contributed by atoms with Crippen molar-refractivity contribution in [3.63, 3.8) is 0 Å². The van der Waals surface area contributed by atoms with Crippen LogP contribution in [0.3, 0.4) is 0 Å². The van der Waals surface area contributed by atoms with Gasteiger partial charge < -0.3 is 14.5 Å². The highest BCUT2D eigenvalue weighted by molar-refractivity contribution is 5.83. The van der Waals surface area contributed by atoms with Gasteiger partial charge in [0.05, 0.1) is 18.4 Å². The van der Waals surface area contributed by atoms with Crippen molar-refractivity contribution in [3.8, 4) is 5.75 Å². The molecule has 1 N–H and O–H groups in total.